The molecule has 0 heterocycles. The van der Waals surface area contributed by atoms with Crippen LogP contribution in [0.15, 0.2) is 18.2 Å². The fraction of sp³-hybridized carbons (Fsp3) is 0.533. The number of aryl methyl sites for hydroxylation is 1. The van der Waals surface area contributed by atoms with Crippen molar-refractivity contribution in [1.29, 1.82) is 0 Å². The lowest BCUT2D eigenvalue weighted by molar-refractivity contribution is 0.0934. The van der Waals surface area contributed by atoms with E-state index in [1.54, 1.807) is 6.07 Å². The minimum absolute atomic E-state index is 0.0238. The van der Waals surface area contributed by atoms with Crippen LogP contribution in [0.1, 0.15) is 48.0 Å². The third kappa shape index (κ3) is 3.87. The Hall–Kier alpha value is -0.730. The maximum absolute atomic E-state index is 12.2. The highest BCUT2D eigenvalue weighted by atomic mass is 35.5. The molecule has 2 rings (SSSR count). The zero-order valence-corrected chi connectivity index (χ0v) is 12.6. The van der Waals surface area contributed by atoms with Gasteiger partial charge in [0.15, 0.2) is 0 Å². The van der Waals surface area contributed by atoms with Gasteiger partial charge in [0, 0.05) is 6.04 Å². The largest absolute Gasteiger partial charge is 0.348 e. The maximum Gasteiger partial charge on any atom is 0.253 e. The lowest BCUT2D eigenvalue weighted by Crippen LogP contribution is -2.40. The monoisotopic (exact) mass is 299 g/mol. The zero-order valence-electron chi connectivity index (χ0n) is 11.1. The van der Waals surface area contributed by atoms with Crippen molar-refractivity contribution in [2.45, 2.75) is 50.4 Å². The second-order valence-corrected chi connectivity index (χ2v) is 6.19. The molecule has 1 amide bonds. The van der Waals surface area contributed by atoms with Crippen LogP contribution in [0.5, 0.6) is 0 Å². The molecule has 19 heavy (non-hydrogen) atoms. The third-order valence-electron chi connectivity index (χ3n) is 3.62. The molecule has 1 N–H and O–H groups in total. The van der Waals surface area contributed by atoms with E-state index in [0.29, 0.717) is 10.6 Å². The number of benzene rings is 1. The molecule has 0 spiro atoms. The van der Waals surface area contributed by atoms with E-state index >= 15 is 0 Å². The van der Waals surface area contributed by atoms with Gasteiger partial charge in [0.1, 0.15) is 0 Å². The van der Waals surface area contributed by atoms with Gasteiger partial charge < -0.3 is 5.32 Å². The Morgan fingerprint density at radius 3 is 2.74 bits per heavy atom. The van der Waals surface area contributed by atoms with Crippen LogP contribution in [-0.4, -0.2) is 17.3 Å². The number of hydrogen-bond acceptors (Lipinski definition) is 1. The highest BCUT2D eigenvalue weighted by molar-refractivity contribution is 6.34. The number of alkyl halides is 1. The predicted octanol–water partition coefficient (Wildman–Crippen LogP) is 4.32. The topological polar surface area (TPSA) is 29.1 Å². The Morgan fingerprint density at radius 2 is 2.00 bits per heavy atom. The molecule has 1 saturated carbocycles. The number of halogens is 2. The normalized spacial score (nSPS) is 23.7. The molecule has 1 aliphatic carbocycles. The molecule has 104 valence electrons. The average Bonchev–Trinajstić information content (AvgIpc) is 2.55. The number of hydrogen-bond donors (Lipinski definition) is 1. The van der Waals surface area contributed by atoms with Gasteiger partial charge >= 0.3 is 0 Å². The van der Waals surface area contributed by atoms with Crippen LogP contribution in [0.3, 0.4) is 0 Å². The molecule has 1 aromatic carbocycles. The summed E-state index contributed by atoms with van der Waals surface area (Å²) < 4.78 is 0. The second kappa shape index (κ2) is 6.62. The van der Waals surface area contributed by atoms with E-state index in [1.165, 1.54) is 6.42 Å². The Balaban J connectivity index is 2.07. The van der Waals surface area contributed by atoms with Crippen LogP contribution >= 0.6 is 23.2 Å². The number of amides is 1. The van der Waals surface area contributed by atoms with E-state index in [0.717, 1.165) is 31.2 Å². The first-order valence-corrected chi connectivity index (χ1v) is 7.60. The van der Waals surface area contributed by atoms with Crippen molar-refractivity contribution >= 4 is 29.1 Å². The first-order chi connectivity index (χ1) is 9.08. The number of carbonyl (C=O) groups is 1. The minimum Gasteiger partial charge on any atom is -0.348 e. The van der Waals surface area contributed by atoms with Crippen molar-refractivity contribution in [3.63, 3.8) is 0 Å². The van der Waals surface area contributed by atoms with Gasteiger partial charge in [0.2, 0.25) is 0 Å². The van der Waals surface area contributed by atoms with Crippen LogP contribution < -0.4 is 5.32 Å². The van der Waals surface area contributed by atoms with Gasteiger partial charge in [-0.3, -0.25) is 4.79 Å². The smallest absolute Gasteiger partial charge is 0.253 e. The van der Waals surface area contributed by atoms with Crippen LogP contribution in [0.2, 0.25) is 5.02 Å². The molecule has 1 aromatic rings. The number of nitrogens with one attached hydrogen (secondary N) is 1. The summed E-state index contributed by atoms with van der Waals surface area (Å²) in [5.41, 5.74) is 1.58. The summed E-state index contributed by atoms with van der Waals surface area (Å²) in [7, 11) is 0. The summed E-state index contributed by atoms with van der Waals surface area (Å²) in [5, 5.41) is 3.55. The van der Waals surface area contributed by atoms with Gasteiger partial charge in [-0.1, -0.05) is 36.9 Å². The predicted molar refractivity (Wildman–Crippen MR) is 80.2 cm³/mol. The van der Waals surface area contributed by atoms with Crippen LogP contribution in [-0.2, 0) is 0 Å². The van der Waals surface area contributed by atoms with E-state index < -0.39 is 0 Å². The molecule has 0 saturated heterocycles. The van der Waals surface area contributed by atoms with Gasteiger partial charge in [0.25, 0.3) is 5.91 Å². The van der Waals surface area contributed by atoms with Crippen molar-refractivity contribution in [2.24, 2.45) is 0 Å². The van der Waals surface area contributed by atoms with E-state index in [1.807, 2.05) is 19.1 Å². The minimum atomic E-state index is -0.123. The number of rotatable bonds is 2. The molecule has 1 aliphatic rings. The molecule has 2 unspecified atom stereocenters. The molecule has 0 radical (unpaired) electrons. The maximum atomic E-state index is 12.2. The fourth-order valence-corrected chi connectivity index (χ4v) is 3.14. The van der Waals surface area contributed by atoms with Crippen molar-refractivity contribution < 1.29 is 4.79 Å². The van der Waals surface area contributed by atoms with E-state index in [9.17, 15) is 4.79 Å². The van der Waals surface area contributed by atoms with Gasteiger partial charge in [0.05, 0.1) is 16.0 Å². The lowest BCUT2D eigenvalue weighted by Gasteiger charge is -2.21. The van der Waals surface area contributed by atoms with E-state index in [2.05, 4.69) is 5.32 Å². The Morgan fingerprint density at radius 1 is 1.26 bits per heavy atom. The molecule has 0 bridgehead atoms. The van der Waals surface area contributed by atoms with Crippen molar-refractivity contribution in [3.05, 3.63) is 34.3 Å². The molecule has 2 nitrogen and oxygen atoms in total. The van der Waals surface area contributed by atoms with Crippen LogP contribution in [0.4, 0.5) is 0 Å². The van der Waals surface area contributed by atoms with E-state index in [-0.39, 0.29) is 17.3 Å². The van der Waals surface area contributed by atoms with Crippen molar-refractivity contribution in [2.75, 3.05) is 0 Å². The van der Waals surface area contributed by atoms with Crippen LogP contribution in [0.25, 0.3) is 0 Å². The molecular weight excluding hydrogens is 281 g/mol. The fourth-order valence-electron chi connectivity index (χ4n) is 2.48. The van der Waals surface area contributed by atoms with E-state index in [4.69, 9.17) is 23.2 Å². The SMILES string of the molecule is Cc1ccc(C(=O)NC2CCCCCC2Cl)c(Cl)c1. The molecular formula is C15H19Cl2NO. The Bertz CT molecular complexity index is 461. The Labute approximate surface area is 124 Å². The summed E-state index contributed by atoms with van der Waals surface area (Å²) in [6.07, 6.45) is 5.38. The summed E-state index contributed by atoms with van der Waals surface area (Å²) in [6.45, 7) is 1.95. The first kappa shape index (κ1) is 14.7. The average molecular weight is 300 g/mol. The quantitative estimate of drug-likeness (QED) is 0.639. The van der Waals surface area contributed by atoms with Crippen LogP contribution in [0, 0.1) is 6.92 Å². The molecule has 0 aromatic heterocycles. The van der Waals surface area contributed by atoms with Gasteiger partial charge in [-0.05, 0) is 37.5 Å². The lowest BCUT2D eigenvalue weighted by atomic mass is 10.1. The molecule has 2 atom stereocenters. The van der Waals surface area contributed by atoms with Gasteiger partial charge in [-0.2, -0.15) is 0 Å². The molecule has 4 heteroatoms. The molecule has 1 fully saturated rings. The first-order valence-electron chi connectivity index (χ1n) is 6.79. The Kier molecular flexibility index (Phi) is 5.12. The second-order valence-electron chi connectivity index (χ2n) is 5.22. The summed E-state index contributed by atoms with van der Waals surface area (Å²) >= 11 is 12.5. The van der Waals surface area contributed by atoms with Gasteiger partial charge in [-0.15, -0.1) is 11.6 Å². The summed E-state index contributed by atoms with van der Waals surface area (Å²) in [4.78, 5) is 12.2. The highest BCUT2D eigenvalue weighted by Gasteiger charge is 2.24. The number of carbonyl (C=O) groups excluding carboxylic acids is 1. The van der Waals surface area contributed by atoms with Gasteiger partial charge in [-0.25, -0.2) is 0 Å². The summed E-state index contributed by atoms with van der Waals surface area (Å²) in [5.74, 6) is -0.123. The highest BCUT2D eigenvalue weighted by Crippen LogP contribution is 2.23. The third-order valence-corrected chi connectivity index (χ3v) is 4.45. The standard InChI is InChI=1S/C15H19Cl2NO/c1-10-7-8-11(13(17)9-10)15(19)18-14-6-4-2-3-5-12(14)16/h7-9,12,14H,2-6H2,1H3,(H,18,19). The molecule has 0 aliphatic heterocycles. The zero-order chi connectivity index (χ0) is 13.8. The van der Waals surface area contributed by atoms with Crippen molar-refractivity contribution in [3.8, 4) is 0 Å². The summed E-state index contributed by atoms with van der Waals surface area (Å²) in [6, 6.07) is 5.52. The van der Waals surface area contributed by atoms with Crippen molar-refractivity contribution in [1.82, 2.24) is 5.32 Å².